The van der Waals surface area contributed by atoms with Gasteiger partial charge in [-0.15, -0.1) is 0 Å². The molecular formula is C16H28F3N3. The molecule has 0 N–H and O–H groups in total. The summed E-state index contributed by atoms with van der Waals surface area (Å²) in [6.45, 7) is 10.7. The lowest BCUT2D eigenvalue weighted by Crippen LogP contribution is -2.65. The van der Waals surface area contributed by atoms with Gasteiger partial charge in [-0.05, 0) is 44.4 Å². The number of hydrogen-bond donors (Lipinski definition) is 0. The Kier molecular flexibility index (Phi) is 4.47. The molecule has 0 radical (unpaired) electrons. The average Bonchev–Trinajstić information content (AvgIpc) is 2.38. The Hall–Kier alpha value is -0.330. The summed E-state index contributed by atoms with van der Waals surface area (Å²) < 4.78 is 40.6. The molecule has 3 nitrogen and oxygen atoms in total. The lowest BCUT2D eigenvalue weighted by atomic mass is 9.71. The highest BCUT2D eigenvalue weighted by Gasteiger charge is 2.53. The van der Waals surface area contributed by atoms with Gasteiger partial charge in [0.15, 0.2) is 0 Å². The molecule has 3 heterocycles. The fourth-order valence-electron chi connectivity index (χ4n) is 4.56. The van der Waals surface area contributed by atoms with E-state index in [0.717, 1.165) is 39.0 Å². The summed E-state index contributed by atoms with van der Waals surface area (Å²) in [5.74, 6) is -0.234. The van der Waals surface area contributed by atoms with Crippen molar-refractivity contribution >= 4 is 0 Å². The maximum Gasteiger partial charge on any atom is 0.404 e. The molecule has 0 aromatic carbocycles. The van der Waals surface area contributed by atoms with Crippen LogP contribution in [0.5, 0.6) is 0 Å². The topological polar surface area (TPSA) is 9.72 Å². The third-order valence-corrected chi connectivity index (χ3v) is 6.03. The molecule has 1 spiro atoms. The van der Waals surface area contributed by atoms with Gasteiger partial charge < -0.3 is 9.80 Å². The van der Waals surface area contributed by atoms with Gasteiger partial charge in [0.2, 0.25) is 0 Å². The van der Waals surface area contributed by atoms with Crippen molar-refractivity contribution in [2.24, 2.45) is 11.3 Å². The number of alkyl halides is 3. The molecular weight excluding hydrogens is 291 g/mol. The molecule has 3 fully saturated rings. The number of likely N-dealkylation sites (tertiary alicyclic amines) is 3. The van der Waals surface area contributed by atoms with E-state index >= 15 is 0 Å². The SMILES string of the molecule is CCN1CC(C(N2CCC3(CC2)CN(CC)C3)C(F)(F)F)C1. The first kappa shape index (κ1) is 16.5. The van der Waals surface area contributed by atoms with Crippen LogP contribution in [0.4, 0.5) is 13.2 Å². The summed E-state index contributed by atoms with van der Waals surface area (Å²) in [7, 11) is 0. The summed E-state index contributed by atoms with van der Waals surface area (Å²) in [6, 6.07) is -1.23. The van der Waals surface area contributed by atoms with E-state index in [1.54, 1.807) is 4.90 Å². The maximum absolute atomic E-state index is 13.5. The summed E-state index contributed by atoms with van der Waals surface area (Å²) >= 11 is 0. The van der Waals surface area contributed by atoms with Gasteiger partial charge in [0.05, 0.1) is 0 Å². The number of hydrogen-bond acceptors (Lipinski definition) is 3. The van der Waals surface area contributed by atoms with Crippen molar-refractivity contribution in [3.8, 4) is 0 Å². The minimum absolute atomic E-state index is 0.234. The Bertz CT molecular complexity index is 377. The molecule has 0 bridgehead atoms. The maximum atomic E-state index is 13.5. The molecule has 0 aromatic heterocycles. The standard InChI is InChI=1S/C16H28F3N3/c1-3-20-9-13(10-20)14(16(17,18)19)22-7-5-15(6-8-22)11-21(4-2)12-15/h13-14H,3-12H2,1-2H3. The van der Waals surface area contributed by atoms with Crippen LogP contribution in [0.2, 0.25) is 0 Å². The number of rotatable bonds is 4. The second kappa shape index (κ2) is 5.95. The zero-order valence-electron chi connectivity index (χ0n) is 13.7. The third-order valence-electron chi connectivity index (χ3n) is 6.03. The van der Waals surface area contributed by atoms with Crippen molar-refractivity contribution in [3.63, 3.8) is 0 Å². The predicted octanol–water partition coefficient (Wildman–Crippen LogP) is 2.29. The lowest BCUT2D eigenvalue weighted by molar-refractivity contribution is -0.218. The van der Waals surface area contributed by atoms with Crippen LogP contribution in [-0.2, 0) is 0 Å². The normalized spacial score (nSPS) is 29.3. The van der Waals surface area contributed by atoms with Gasteiger partial charge in [-0.25, -0.2) is 0 Å². The summed E-state index contributed by atoms with van der Waals surface area (Å²) in [5, 5.41) is 0. The third kappa shape index (κ3) is 3.02. The van der Waals surface area contributed by atoms with E-state index in [2.05, 4.69) is 16.7 Å². The van der Waals surface area contributed by atoms with Gasteiger partial charge >= 0.3 is 6.18 Å². The first-order chi connectivity index (χ1) is 10.4. The molecule has 6 heteroatoms. The Morgan fingerprint density at radius 2 is 1.55 bits per heavy atom. The molecule has 3 saturated heterocycles. The van der Waals surface area contributed by atoms with E-state index in [9.17, 15) is 13.2 Å². The Labute approximate surface area is 131 Å². The van der Waals surface area contributed by atoms with Gasteiger partial charge in [0, 0.05) is 32.1 Å². The fraction of sp³-hybridized carbons (Fsp3) is 1.00. The van der Waals surface area contributed by atoms with E-state index < -0.39 is 12.2 Å². The molecule has 128 valence electrons. The van der Waals surface area contributed by atoms with Crippen molar-refractivity contribution in [1.29, 1.82) is 0 Å². The molecule has 0 aromatic rings. The monoisotopic (exact) mass is 319 g/mol. The highest BCUT2D eigenvalue weighted by molar-refractivity contribution is 5.01. The van der Waals surface area contributed by atoms with Crippen LogP contribution in [-0.4, -0.2) is 79.3 Å². The second-order valence-corrected chi connectivity index (χ2v) is 7.44. The molecule has 22 heavy (non-hydrogen) atoms. The van der Waals surface area contributed by atoms with Crippen LogP contribution in [0.25, 0.3) is 0 Å². The van der Waals surface area contributed by atoms with Crippen LogP contribution in [0.15, 0.2) is 0 Å². The molecule has 3 aliphatic heterocycles. The van der Waals surface area contributed by atoms with Gasteiger partial charge in [-0.1, -0.05) is 13.8 Å². The highest BCUT2D eigenvalue weighted by Crippen LogP contribution is 2.43. The minimum atomic E-state index is -4.09. The first-order valence-electron chi connectivity index (χ1n) is 8.62. The Morgan fingerprint density at radius 3 is 2.00 bits per heavy atom. The molecule has 0 amide bonds. The predicted molar refractivity (Wildman–Crippen MR) is 80.8 cm³/mol. The van der Waals surface area contributed by atoms with Crippen molar-refractivity contribution < 1.29 is 13.2 Å². The van der Waals surface area contributed by atoms with Gasteiger partial charge in [-0.3, -0.25) is 4.90 Å². The second-order valence-electron chi connectivity index (χ2n) is 7.44. The van der Waals surface area contributed by atoms with Crippen LogP contribution in [0.1, 0.15) is 26.7 Å². The van der Waals surface area contributed by atoms with Crippen molar-refractivity contribution in [2.45, 2.75) is 38.9 Å². The van der Waals surface area contributed by atoms with Gasteiger partial charge in [0.25, 0.3) is 0 Å². The molecule has 1 unspecified atom stereocenters. The summed E-state index contributed by atoms with van der Waals surface area (Å²) in [4.78, 5) is 6.22. The van der Waals surface area contributed by atoms with Gasteiger partial charge in [0.1, 0.15) is 6.04 Å². The highest BCUT2D eigenvalue weighted by atomic mass is 19.4. The zero-order valence-corrected chi connectivity index (χ0v) is 13.7. The van der Waals surface area contributed by atoms with Crippen LogP contribution >= 0.6 is 0 Å². The molecule has 0 saturated carbocycles. The molecule has 1 atom stereocenters. The minimum Gasteiger partial charge on any atom is -0.303 e. The quantitative estimate of drug-likeness (QED) is 0.787. The molecule has 3 aliphatic rings. The average molecular weight is 319 g/mol. The smallest absolute Gasteiger partial charge is 0.303 e. The zero-order chi connectivity index (χ0) is 16.0. The molecule has 0 aliphatic carbocycles. The number of piperidine rings is 1. The number of nitrogens with zero attached hydrogens (tertiary/aromatic N) is 3. The van der Waals surface area contributed by atoms with E-state index in [-0.39, 0.29) is 5.92 Å². The summed E-state index contributed by atoms with van der Waals surface area (Å²) in [5.41, 5.74) is 0.317. The van der Waals surface area contributed by atoms with Crippen molar-refractivity contribution in [3.05, 3.63) is 0 Å². The van der Waals surface area contributed by atoms with Crippen LogP contribution in [0.3, 0.4) is 0 Å². The lowest BCUT2D eigenvalue weighted by Gasteiger charge is -2.56. The van der Waals surface area contributed by atoms with E-state index in [1.165, 1.54) is 0 Å². The first-order valence-corrected chi connectivity index (χ1v) is 8.62. The fourth-order valence-corrected chi connectivity index (χ4v) is 4.56. The van der Waals surface area contributed by atoms with Crippen molar-refractivity contribution in [1.82, 2.24) is 14.7 Å². The Morgan fingerprint density at radius 1 is 1.00 bits per heavy atom. The van der Waals surface area contributed by atoms with E-state index in [1.807, 2.05) is 6.92 Å². The number of halogens is 3. The molecule has 3 rings (SSSR count). The van der Waals surface area contributed by atoms with Crippen LogP contribution < -0.4 is 0 Å². The van der Waals surface area contributed by atoms with Gasteiger partial charge in [-0.2, -0.15) is 13.2 Å². The van der Waals surface area contributed by atoms with E-state index in [0.29, 0.717) is 31.6 Å². The van der Waals surface area contributed by atoms with E-state index in [4.69, 9.17) is 0 Å². The van der Waals surface area contributed by atoms with Crippen LogP contribution in [0, 0.1) is 11.3 Å². The Balaban J connectivity index is 1.57. The summed E-state index contributed by atoms with van der Waals surface area (Å²) in [6.07, 6.45) is -2.23. The largest absolute Gasteiger partial charge is 0.404 e. The van der Waals surface area contributed by atoms with Crippen molar-refractivity contribution in [2.75, 3.05) is 52.4 Å².